The highest BCUT2D eigenvalue weighted by atomic mass is 32.1. The van der Waals surface area contributed by atoms with Gasteiger partial charge in [-0.3, -0.25) is 0 Å². The SMILES string of the molecule is COCCCCn1c(=S)[nH]c2c(F)cc(F)cc21. The van der Waals surface area contributed by atoms with E-state index in [0.717, 1.165) is 18.9 Å². The number of methoxy groups -OCH3 is 1. The minimum Gasteiger partial charge on any atom is -0.385 e. The lowest BCUT2D eigenvalue weighted by molar-refractivity contribution is 0.191. The number of hydrogen-bond donors (Lipinski definition) is 1. The Bertz CT molecular complexity index is 606. The van der Waals surface area contributed by atoms with Crippen LogP contribution in [-0.2, 0) is 11.3 Å². The van der Waals surface area contributed by atoms with Gasteiger partial charge in [0.1, 0.15) is 11.3 Å². The van der Waals surface area contributed by atoms with E-state index in [-0.39, 0.29) is 5.52 Å². The van der Waals surface area contributed by atoms with Crippen molar-refractivity contribution in [3.05, 3.63) is 28.5 Å². The summed E-state index contributed by atoms with van der Waals surface area (Å²) < 4.78 is 33.8. The Morgan fingerprint density at radius 1 is 1.33 bits per heavy atom. The minimum absolute atomic E-state index is 0.258. The molecule has 0 bridgehead atoms. The van der Waals surface area contributed by atoms with E-state index in [0.29, 0.717) is 23.4 Å². The van der Waals surface area contributed by atoms with Crippen molar-refractivity contribution in [2.45, 2.75) is 19.4 Å². The van der Waals surface area contributed by atoms with E-state index >= 15 is 0 Å². The summed E-state index contributed by atoms with van der Waals surface area (Å²) in [6.45, 7) is 1.28. The van der Waals surface area contributed by atoms with Gasteiger partial charge < -0.3 is 14.3 Å². The lowest BCUT2D eigenvalue weighted by Gasteiger charge is -2.04. The Labute approximate surface area is 108 Å². The van der Waals surface area contributed by atoms with Crippen LogP contribution < -0.4 is 0 Å². The molecule has 0 unspecified atom stereocenters. The number of fused-ring (bicyclic) bond motifs is 1. The first-order chi connectivity index (χ1) is 8.63. The Hall–Kier alpha value is -1.27. The normalized spacial score (nSPS) is 11.3. The quantitative estimate of drug-likeness (QED) is 0.668. The number of aromatic amines is 1. The van der Waals surface area contributed by atoms with Gasteiger partial charge in [-0.15, -0.1) is 0 Å². The van der Waals surface area contributed by atoms with Gasteiger partial charge in [0, 0.05) is 26.3 Å². The fourth-order valence-corrected chi connectivity index (χ4v) is 2.21. The van der Waals surface area contributed by atoms with Gasteiger partial charge in [0.25, 0.3) is 0 Å². The van der Waals surface area contributed by atoms with Gasteiger partial charge in [-0.2, -0.15) is 0 Å². The van der Waals surface area contributed by atoms with Gasteiger partial charge in [0.2, 0.25) is 0 Å². The summed E-state index contributed by atoms with van der Waals surface area (Å²) in [6.07, 6.45) is 1.72. The Morgan fingerprint density at radius 3 is 2.83 bits per heavy atom. The smallest absolute Gasteiger partial charge is 0.178 e. The fraction of sp³-hybridized carbons (Fsp3) is 0.417. The third-order valence-corrected chi connectivity index (χ3v) is 3.10. The molecule has 6 heteroatoms. The first kappa shape index (κ1) is 13.2. The van der Waals surface area contributed by atoms with Gasteiger partial charge in [0.15, 0.2) is 10.6 Å². The molecular weight excluding hydrogens is 258 g/mol. The summed E-state index contributed by atoms with van der Waals surface area (Å²) >= 11 is 5.12. The average Bonchev–Trinajstić information content (AvgIpc) is 2.62. The monoisotopic (exact) mass is 272 g/mol. The van der Waals surface area contributed by atoms with E-state index in [4.69, 9.17) is 17.0 Å². The number of imidazole rings is 1. The number of rotatable bonds is 5. The van der Waals surface area contributed by atoms with Crippen molar-refractivity contribution in [3.8, 4) is 0 Å². The molecule has 2 aromatic rings. The van der Waals surface area contributed by atoms with Crippen LogP contribution in [0.25, 0.3) is 11.0 Å². The van der Waals surface area contributed by atoms with Gasteiger partial charge in [-0.05, 0) is 31.1 Å². The molecule has 0 atom stereocenters. The number of halogens is 2. The van der Waals surface area contributed by atoms with Gasteiger partial charge in [-0.25, -0.2) is 8.78 Å². The average molecular weight is 272 g/mol. The maximum absolute atomic E-state index is 13.5. The molecule has 0 aliphatic rings. The van der Waals surface area contributed by atoms with Crippen molar-refractivity contribution in [2.24, 2.45) is 0 Å². The van der Waals surface area contributed by atoms with Crippen LogP contribution in [0.3, 0.4) is 0 Å². The van der Waals surface area contributed by atoms with Crippen LogP contribution in [0.4, 0.5) is 8.78 Å². The summed E-state index contributed by atoms with van der Waals surface area (Å²) in [5, 5.41) is 0. The number of aryl methyl sites for hydroxylation is 1. The van der Waals surface area contributed by atoms with E-state index in [2.05, 4.69) is 4.98 Å². The van der Waals surface area contributed by atoms with Crippen LogP contribution in [0.1, 0.15) is 12.8 Å². The predicted octanol–water partition coefficient (Wildman–Crippen LogP) is 3.40. The summed E-state index contributed by atoms with van der Waals surface area (Å²) in [5.41, 5.74) is 0.725. The molecule has 98 valence electrons. The van der Waals surface area contributed by atoms with Crippen LogP contribution in [-0.4, -0.2) is 23.3 Å². The number of aromatic nitrogens is 2. The summed E-state index contributed by atoms with van der Waals surface area (Å²) in [7, 11) is 1.64. The van der Waals surface area contributed by atoms with Crippen LogP contribution in [0.2, 0.25) is 0 Å². The van der Waals surface area contributed by atoms with E-state index < -0.39 is 11.6 Å². The molecular formula is C12H14F2N2OS. The molecule has 18 heavy (non-hydrogen) atoms. The van der Waals surface area contributed by atoms with E-state index in [1.54, 1.807) is 11.7 Å². The van der Waals surface area contributed by atoms with Gasteiger partial charge >= 0.3 is 0 Å². The van der Waals surface area contributed by atoms with Crippen LogP contribution in [0.15, 0.2) is 12.1 Å². The standard InChI is InChI=1S/C12H14F2N2OS/c1-17-5-3-2-4-16-10-7-8(13)6-9(14)11(10)15-12(16)18/h6-7H,2-5H2,1H3,(H,15,18). The molecule has 0 aliphatic carbocycles. The molecule has 1 aromatic carbocycles. The zero-order valence-electron chi connectivity index (χ0n) is 10.0. The molecule has 0 spiro atoms. The molecule has 3 nitrogen and oxygen atoms in total. The Balaban J connectivity index is 2.32. The minimum atomic E-state index is -0.619. The van der Waals surface area contributed by atoms with Gasteiger partial charge in [0.05, 0.1) is 5.52 Å². The molecule has 1 heterocycles. The van der Waals surface area contributed by atoms with Gasteiger partial charge in [-0.1, -0.05) is 0 Å². The molecule has 0 aliphatic heterocycles. The first-order valence-corrected chi connectivity index (χ1v) is 6.11. The number of nitrogens with zero attached hydrogens (tertiary/aromatic N) is 1. The van der Waals surface area contributed by atoms with Crippen molar-refractivity contribution in [2.75, 3.05) is 13.7 Å². The molecule has 1 N–H and O–H groups in total. The second kappa shape index (κ2) is 5.58. The molecule has 2 rings (SSSR count). The number of unbranched alkanes of at least 4 members (excludes halogenated alkanes) is 1. The number of hydrogen-bond acceptors (Lipinski definition) is 2. The summed E-state index contributed by atoms with van der Waals surface area (Å²) in [5.74, 6) is -1.22. The number of benzene rings is 1. The third-order valence-electron chi connectivity index (χ3n) is 2.78. The number of nitrogens with one attached hydrogen (secondary N) is 1. The largest absolute Gasteiger partial charge is 0.385 e. The maximum Gasteiger partial charge on any atom is 0.178 e. The zero-order valence-corrected chi connectivity index (χ0v) is 10.8. The van der Waals surface area contributed by atoms with Crippen LogP contribution in [0.5, 0.6) is 0 Å². The molecule has 1 aromatic heterocycles. The third kappa shape index (κ3) is 2.59. The van der Waals surface area contributed by atoms with E-state index in [1.807, 2.05) is 0 Å². The van der Waals surface area contributed by atoms with Crippen LogP contribution >= 0.6 is 12.2 Å². The predicted molar refractivity (Wildman–Crippen MR) is 68.1 cm³/mol. The van der Waals surface area contributed by atoms with E-state index in [1.165, 1.54) is 6.07 Å². The summed E-state index contributed by atoms with van der Waals surface area (Å²) in [6, 6.07) is 2.14. The molecule has 0 radical (unpaired) electrons. The maximum atomic E-state index is 13.5. The Kier molecular flexibility index (Phi) is 4.08. The highest BCUT2D eigenvalue weighted by Crippen LogP contribution is 2.19. The zero-order chi connectivity index (χ0) is 13.1. The highest BCUT2D eigenvalue weighted by Gasteiger charge is 2.10. The van der Waals surface area contributed by atoms with Crippen molar-refractivity contribution < 1.29 is 13.5 Å². The molecule has 0 saturated carbocycles. The number of ether oxygens (including phenoxy) is 1. The molecule has 0 saturated heterocycles. The lowest BCUT2D eigenvalue weighted by Crippen LogP contribution is -2.00. The summed E-state index contributed by atoms with van der Waals surface area (Å²) in [4.78, 5) is 2.77. The van der Waals surface area contributed by atoms with E-state index in [9.17, 15) is 8.78 Å². The lowest BCUT2D eigenvalue weighted by atomic mass is 10.2. The van der Waals surface area contributed by atoms with Crippen molar-refractivity contribution in [1.82, 2.24) is 9.55 Å². The van der Waals surface area contributed by atoms with Crippen molar-refractivity contribution >= 4 is 23.3 Å². The van der Waals surface area contributed by atoms with Crippen LogP contribution in [0, 0.1) is 16.4 Å². The first-order valence-electron chi connectivity index (χ1n) is 5.70. The highest BCUT2D eigenvalue weighted by molar-refractivity contribution is 7.71. The molecule has 0 fully saturated rings. The molecule has 0 amide bonds. The van der Waals surface area contributed by atoms with Crippen molar-refractivity contribution in [1.29, 1.82) is 0 Å². The second-order valence-electron chi connectivity index (χ2n) is 4.06. The fourth-order valence-electron chi connectivity index (χ4n) is 1.92. The van der Waals surface area contributed by atoms with Crippen molar-refractivity contribution in [3.63, 3.8) is 0 Å². The number of H-pyrrole nitrogens is 1. The Morgan fingerprint density at radius 2 is 2.11 bits per heavy atom. The topological polar surface area (TPSA) is 29.9 Å². The second-order valence-corrected chi connectivity index (χ2v) is 4.45.